The van der Waals surface area contributed by atoms with E-state index in [0.717, 1.165) is 0 Å². The van der Waals surface area contributed by atoms with Crippen LogP contribution in [-0.4, -0.2) is 30.7 Å². The van der Waals surface area contributed by atoms with E-state index in [9.17, 15) is 0 Å². The highest BCUT2D eigenvalue weighted by Gasteiger charge is 2.27. The molecule has 0 saturated heterocycles. The van der Waals surface area contributed by atoms with E-state index in [1.165, 1.54) is 0 Å². The lowest BCUT2D eigenvalue weighted by molar-refractivity contribution is -0.00823. The molecule has 2 nitrogen and oxygen atoms in total. The Balaban J connectivity index is 3.97. The number of thiol groups is 1. The predicted molar refractivity (Wildman–Crippen MR) is 45.5 cm³/mol. The summed E-state index contributed by atoms with van der Waals surface area (Å²) < 4.78 is 5.12. The third-order valence-corrected chi connectivity index (χ3v) is 2.06. The van der Waals surface area contributed by atoms with E-state index < -0.39 is 0 Å². The van der Waals surface area contributed by atoms with Crippen molar-refractivity contribution in [3.63, 3.8) is 0 Å². The molecule has 62 valence electrons. The van der Waals surface area contributed by atoms with Crippen LogP contribution < -0.4 is 0 Å². The summed E-state index contributed by atoms with van der Waals surface area (Å²) >= 11 is 4.11. The van der Waals surface area contributed by atoms with Gasteiger partial charge in [0.15, 0.2) is 0 Å². The van der Waals surface area contributed by atoms with E-state index in [1.54, 1.807) is 7.11 Å². The Bertz CT molecular complexity index is 89.6. The van der Waals surface area contributed by atoms with Gasteiger partial charge in [0.2, 0.25) is 0 Å². The van der Waals surface area contributed by atoms with E-state index in [1.807, 2.05) is 13.8 Å². The van der Waals surface area contributed by atoms with Crippen molar-refractivity contribution in [1.29, 1.82) is 0 Å². The molecule has 0 amide bonds. The molecular formula is C7H16O2S. The fourth-order valence-electron chi connectivity index (χ4n) is 0.743. The zero-order chi connectivity index (χ0) is 8.20. The molecule has 1 unspecified atom stereocenters. The van der Waals surface area contributed by atoms with E-state index >= 15 is 0 Å². The third kappa shape index (κ3) is 2.48. The molecule has 0 aliphatic carbocycles. The van der Waals surface area contributed by atoms with E-state index in [4.69, 9.17) is 9.84 Å². The molecule has 0 fully saturated rings. The zero-order valence-corrected chi connectivity index (χ0v) is 7.69. The minimum atomic E-state index is -0.184. The molecule has 1 N–H and O–H groups in total. The van der Waals surface area contributed by atoms with Crippen molar-refractivity contribution in [2.45, 2.75) is 20.0 Å². The summed E-state index contributed by atoms with van der Waals surface area (Å²) in [6.45, 7) is 4.04. The first kappa shape index (κ1) is 10.3. The van der Waals surface area contributed by atoms with Crippen molar-refractivity contribution < 1.29 is 9.84 Å². The minimum Gasteiger partial charge on any atom is -0.396 e. The van der Waals surface area contributed by atoms with Crippen molar-refractivity contribution in [2.24, 2.45) is 5.41 Å². The van der Waals surface area contributed by atoms with Crippen LogP contribution in [0.2, 0.25) is 0 Å². The molecule has 0 aromatic carbocycles. The van der Waals surface area contributed by atoms with Crippen LogP contribution in [0.1, 0.15) is 13.8 Å². The molecule has 0 saturated carbocycles. The molecule has 0 aliphatic rings. The van der Waals surface area contributed by atoms with Crippen LogP contribution in [0.5, 0.6) is 0 Å². The van der Waals surface area contributed by atoms with Crippen LogP contribution in [0.3, 0.4) is 0 Å². The maximum atomic E-state index is 8.91. The van der Waals surface area contributed by atoms with Crippen molar-refractivity contribution in [3.05, 3.63) is 0 Å². The number of methoxy groups -OCH3 is 1. The van der Waals surface area contributed by atoms with Crippen molar-refractivity contribution in [1.82, 2.24) is 0 Å². The molecule has 0 rings (SSSR count). The Morgan fingerprint density at radius 1 is 1.60 bits per heavy atom. The molecule has 0 radical (unpaired) electrons. The second-order valence-electron chi connectivity index (χ2n) is 3.05. The Kier molecular flexibility index (Phi) is 4.32. The Morgan fingerprint density at radius 2 is 2.10 bits per heavy atom. The van der Waals surface area contributed by atoms with E-state index in [2.05, 4.69) is 12.6 Å². The van der Waals surface area contributed by atoms with E-state index in [-0.39, 0.29) is 18.1 Å². The van der Waals surface area contributed by atoms with Crippen LogP contribution >= 0.6 is 12.6 Å². The predicted octanol–water partition coefficient (Wildman–Crippen LogP) is 0.950. The molecule has 10 heavy (non-hydrogen) atoms. The summed E-state index contributed by atoms with van der Waals surface area (Å²) in [6, 6.07) is 0. The topological polar surface area (TPSA) is 29.5 Å². The molecule has 3 heteroatoms. The number of ether oxygens (including phenoxy) is 1. The van der Waals surface area contributed by atoms with Gasteiger partial charge in [0.1, 0.15) is 0 Å². The molecule has 0 aromatic rings. The first-order valence-corrected chi connectivity index (χ1v) is 3.96. The minimum absolute atomic E-state index is 0.0285. The summed E-state index contributed by atoms with van der Waals surface area (Å²) in [5, 5.41) is 8.91. The van der Waals surface area contributed by atoms with Gasteiger partial charge in [0, 0.05) is 18.3 Å². The van der Waals surface area contributed by atoms with Crippen LogP contribution in [0.4, 0.5) is 0 Å². The quantitative estimate of drug-likeness (QED) is 0.606. The maximum Gasteiger partial charge on any atom is 0.0731 e. The SMILES string of the molecule is COC(CS)C(C)(C)CO. The second-order valence-corrected chi connectivity index (χ2v) is 3.42. The average molecular weight is 164 g/mol. The fraction of sp³-hybridized carbons (Fsp3) is 1.00. The summed E-state index contributed by atoms with van der Waals surface area (Å²) in [5.41, 5.74) is -0.184. The third-order valence-electron chi connectivity index (χ3n) is 1.73. The van der Waals surface area contributed by atoms with Gasteiger partial charge in [-0.25, -0.2) is 0 Å². The van der Waals surface area contributed by atoms with Crippen molar-refractivity contribution >= 4 is 12.6 Å². The van der Waals surface area contributed by atoms with Crippen molar-refractivity contribution in [2.75, 3.05) is 19.5 Å². The average Bonchev–Trinajstić information content (AvgIpc) is 1.90. The highest BCUT2D eigenvalue weighted by Crippen LogP contribution is 2.22. The highest BCUT2D eigenvalue weighted by molar-refractivity contribution is 7.80. The standard InChI is InChI=1S/C7H16O2S/c1-7(2,5-8)6(4-10)9-3/h6,8,10H,4-5H2,1-3H3. The molecule has 0 aliphatic heterocycles. The number of aliphatic hydroxyl groups excluding tert-OH is 1. The monoisotopic (exact) mass is 164 g/mol. The van der Waals surface area contributed by atoms with Gasteiger partial charge < -0.3 is 9.84 Å². The van der Waals surface area contributed by atoms with Crippen LogP contribution in [0, 0.1) is 5.41 Å². The van der Waals surface area contributed by atoms with Crippen LogP contribution in [-0.2, 0) is 4.74 Å². The normalized spacial score (nSPS) is 15.3. The van der Waals surface area contributed by atoms with Gasteiger partial charge in [-0.1, -0.05) is 13.8 Å². The Labute approximate surface area is 68.0 Å². The summed E-state index contributed by atoms with van der Waals surface area (Å²) in [4.78, 5) is 0. The van der Waals surface area contributed by atoms with Gasteiger partial charge >= 0.3 is 0 Å². The maximum absolute atomic E-state index is 8.91. The molecule has 0 heterocycles. The van der Waals surface area contributed by atoms with Gasteiger partial charge in [-0.2, -0.15) is 12.6 Å². The van der Waals surface area contributed by atoms with Crippen LogP contribution in [0.25, 0.3) is 0 Å². The largest absolute Gasteiger partial charge is 0.396 e. The first-order valence-electron chi connectivity index (χ1n) is 3.33. The van der Waals surface area contributed by atoms with Gasteiger partial charge in [-0.15, -0.1) is 0 Å². The summed E-state index contributed by atoms with van der Waals surface area (Å²) in [6.07, 6.45) is 0.0285. The molecule has 0 spiro atoms. The first-order chi connectivity index (χ1) is 4.58. The summed E-state index contributed by atoms with van der Waals surface area (Å²) in [5.74, 6) is 0.643. The molecule has 0 aromatic heterocycles. The van der Waals surface area contributed by atoms with Gasteiger partial charge in [0.25, 0.3) is 0 Å². The van der Waals surface area contributed by atoms with Crippen molar-refractivity contribution in [3.8, 4) is 0 Å². The van der Waals surface area contributed by atoms with E-state index in [0.29, 0.717) is 5.75 Å². The number of rotatable bonds is 4. The molecule has 1 atom stereocenters. The lowest BCUT2D eigenvalue weighted by Gasteiger charge is -2.29. The number of aliphatic hydroxyl groups is 1. The molecular weight excluding hydrogens is 148 g/mol. The number of hydrogen-bond acceptors (Lipinski definition) is 3. The van der Waals surface area contributed by atoms with Crippen LogP contribution in [0.15, 0.2) is 0 Å². The second kappa shape index (κ2) is 4.21. The Hall–Kier alpha value is 0.270. The highest BCUT2D eigenvalue weighted by atomic mass is 32.1. The van der Waals surface area contributed by atoms with Gasteiger partial charge in [-0.05, 0) is 0 Å². The zero-order valence-electron chi connectivity index (χ0n) is 6.79. The van der Waals surface area contributed by atoms with Gasteiger partial charge in [-0.3, -0.25) is 0 Å². The molecule has 0 bridgehead atoms. The fourth-order valence-corrected chi connectivity index (χ4v) is 1.39. The smallest absolute Gasteiger partial charge is 0.0731 e. The number of hydrogen-bond donors (Lipinski definition) is 2. The lowest BCUT2D eigenvalue weighted by atomic mass is 9.88. The van der Waals surface area contributed by atoms with Gasteiger partial charge in [0.05, 0.1) is 12.7 Å². The summed E-state index contributed by atoms with van der Waals surface area (Å²) in [7, 11) is 1.64. The lowest BCUT2D eigenvalue weighted by Crippen LogP contribution is -2.35. The Morgan fingerprint density at radius 3 is 2.20 bits per heavy atom.